The van der Waals surface area contributed by atoms with Gasteiger partial charge in [-0.2, -0.15) is 0 Å². The van der Waals surface area contributed by atoms with Crippen LogP contribution in [-0.2, 0) is 9.53 Å². The molecular weight excluding hydrogens is 372 g/mol. The Morgan fingerprint density at radius 1 is 1.17 bits per heavy atom. The minimum absolute atomic E-state index is 0.271. The molecule has 2 aliphatic rings. The number of rotatable bonds is 7. The van der Waals surface area contributed by atoms with E-state index < -0.39 is 0 Å². The monoisotopic (exact) mass is 402 g/mol. The summed E-state index contributed by atoms with van der Waals surface area (Å²) in [7, 11) is 1.68. The Kier molecular flexibility index (Phi) is 6.98. The second-order valence-corrected chi connectivity index (χ2v) is 7.11. The third-order valence-electron chi connectivity index (χ3n) is 5.33. The number of hydrogen-bond acceptors (Lipinski definition) is 6. The van der Waals surface area contributed by atoms with E-state index in [4.69, 9.17) is 9.47 Å². The van der Waals surface area contributed by atoms with Crippen LogP contribution in [0.5, 0.6) is 5.75 Å². The van der Waals surface area contributed by atoms with Crippen LogP contribution in [0.4, 0.5) is 10.5 Å². The van der Waals surface area contributed by atoms with Crippen LogP contribution in [0.25, 0.3) is 0 Å². The Bertz CT molecular complexity index is 772. The molecule has 1 atom stereocenters. The summed E-state index contributed by atoms with van der Waals surface area (Å²) in [6.07, 6.45) is 0.632. The van der Waals surface area contributed by atoms with Crippen molar-refractivity contribution in [2.75, 3.05) is 51.3 Å². The largest absolute Gasteiger partial charge is 0.495 e. The molecule has 2 amide bonds. The van der Waals surface area contributed by atoms with Crippen molar-refractivity contribution in [3.63, 3.8) is 0 Å². The summed E-state index contributed by atoms with van der Waals surface area (Å²) >= 11 is 0. The van der Waals surface area contributed by atoms with Crippen LogP contribution in [0.15, 0.2) is 35.5 Å². The Morgan fingerprint density at radius 2 is 1.90 bits per heavy atom. The van der Waals surface area contributed by atoms with Crippen LogP contribution in [-0.4, -0.2) is 69.4 Å². The maximum Gasteiger partial charge on any atom is 0.337 e. The topological polar surface area (TPSA) is 83.1 Å². The summed E-state index contributed by atoms with van der Waals surface area (Å²) in [5.74, 6) is 0.499. The molecule has 1 saturated heterocycles. The fourth-order valence-electron chi connectivity index (χ4n) is 3.85. The van der Waals surface area contributed by atoms with Gasteiger partial charge >= 0.3 is 12.0 Å². The molecular formula is C21H30N4O4. The van der Waals surface area contributed by atoms with Crippen LogP contribution >= 0.6 is 0 Å². The van der Waals surface area contributed by atoms with Crippen molar-refractivity contribution in [3.8, 4) is 5.75 Å². The zero-order chi connectivity index (χ0) is 20.8. The van der Waals surface area contributed by atoms with E-state index in [2.05, 4.69) is 26.5 Å². The molecule has 158 valence electrons. The number of carbonyl (C=O) groups excluding carboxylic acids is 2. The Morgan fingerprint density at radius 3 is 2.55 bits per heavy atom. The summed E-state index contributed by atoms with van der Waals surface area (Å²) in [5, 5.41) is 5.65. The number of ether oxygens (including phenoxy) is 2. The van der Waals surface area contributed by atoms with Gasteiger partial charge in [0.2, 0.25) is 0 Å². The van der Waals surface area contributed by atoms with Crippen LogP contribution in [0.1, 0.15) is 20.3 Å². The normalized spacial score (nSPS) is 20.2. The highest BCUT2D eigenvalue weighted by Gasteiger charge is 2.32. The second-order valence-electron chi connectivity index (χ2n) is 7.11. The van der Waals surface area contributed by atoms with Crippen LogP contribution < -0.4 is 20.3 Å². The van der Waals surface area contributed by atoms with E-state index in [0.29, 0.717) is 30.8 Å². The average Bonchev–Trinajstić information content (AvgIpc) is 2.74. The maximum absolute atomic E-state index is 12.5. The Balaban J connectivity index is 1.71. The number of esters is 1. The number of nitrogens with zero attached hydrogens (tertiary/aromatic N) is 2. The fourth-order valence-corrected chi connectivity index (χ4v) is 3.85. The highest BCUT2D eigenvalue weighted by Crippen LogP contribution is 2.28. The molecule has 2 N–H and O–H groups in total. The number of piperazine rings is 1. The van der Waals surface area contributed by atoms with Gasteiger partial charge in [-0.1, -0.05) is 19.1 Å². The van der Waals surface area contributed by atoms with Gasteiger partial charge in [0, 0.05) is 38.4 Å². The lowest BCUT2D eigenvalue weighted by molar-refractivity contribution is -0.139. The third-order valence-corrected chi connectivity index (χ3v) is 5.33. The van der Waals surface area contributed by atoms with Gasteiger partial charge in [-0.25, -0.2) is 9.59 Å². The predicted molar refractivity (Wildman–Crippen MR) is 111 cm³/mol. The Labute approximate surface area is 171 Å². The summed E-state index contributed by atoms with van der Waals surface area (Å²) < 4.78 is 10.7. The first-order valence-electron chi connectivity index (χ1n) is 10.1. The van der Waals surface area contributed by atoms with E-state index in [0.717, 1.165) is 37.6 Å². The molecule has 2 heterocycles. The van der Waals surface area contributed by atoms with Crippen LogP contribution in [0, 0.1) is 0 Å². The lowest BCUT2D eigenvalue weighted by Crippen LogP contribution is -2.54. The predicted octanol–water partition coefficient (Wildman–Crippen LogP) is 1.73. The van der Waals surface area contributed by atoms with E-state index >= 15 is 0 Å². The van der Waals surface area contributed by atoms with Crippen molar-refractivity contribution >= 4 is 17.7 Å². The number of methoxy groups -OCH3 is 1. The molecule has 1 fully saturated rings. The molecule has 0 aliphatic carbocycles. The summed E-state index contributed by atoms with van der Waals surface area (Å²) in [4.78, 5) is 29.1. The van der Waals surface area contributed by atoms with Gasteiger partial charge in [-0.15, -0.1) is 0 Å². The van der Waals surface area contributed by atoms with Gasteiger partial charge in [0.15, 0.2) is 0 Å². The number of nitrogens with one attached hydrogen (secondary N) is 2. The van der Waals surface area contributed by atoms with Gasteiger partial charge in [-0.3, -0.25) is 4.90 Å². The van der Waals surface area contributed by atoms with Gasteiger partial charge in [0.05, 0.1) is 31.0 Å². The zero-order valence-corrected chi connectivity index (χ0v) is 17.4. The number of benzene rings is 1. The first-order valence-corrected chi connectivity index (χ1v) is 10.1. The molecule has 29 heavy (non-hydrogen) atoms. The van der Waals surface area contributed by atoms with Crippen molar-refractivity contribution in [1.29, 1.82) is 0 Å². The summed E-state index contributed by atoms with van der Waals surface area (Å²) in [6, 6.07) is 7.41. The van der Waals surface area contributed by atoms with Gasteiger partial charge in [0.1, 0.15) is 5.75 Å². The van der Waals surface area contributed by atoms with Crippen molar-refractivity contribution in [2.45, 2.75) is 26.3 Å². The number of urea groups is 1. The number of anilines is 1. The molecule has 0 saturated carbocycles. The molecule has 8 heteroatoms. The summed E-state index contributed by atoms with van der Waals surface area (Å²) in [5.41, 5.74) is 2.26. The van der Waals surface area contributed by atoms with Gasteiger partial charge < -0.3 is 25.0 Å². The van der Waals surface area contributed by atoms with E-state index in [9.17, 15) is 9.59 Å². The first-order chi connectivity index (χ1) is 14.1. The Hall–Kier alpha value is -2.74. The smallest absolute Gasteiger partial charge is 0.337 e. The molecule has 0 bridgehead atoms. The molecule has 0 aromatic heterocycles. The first kappa shape index (κ1) is 21.0. The SMILES string of the molecule is CCOC(=O)C1=C(CN2CCN(c3ccccc3OC)CC2)NC(=O)N[C@@H]1CC. The molecule has 8 nitrogen and oxygen atoms in total. The van der Waals surface area contributed by atoms with Crippen molar-refractivity contribution in [1.82, 2.24) is 15.5 Å². The molecule has 1 aromatic carbocycles. The lowest BCUT2D eigenvalue weighted by atomic mass is 10.00. The fraction of sp³-hybridized carbons (Fsp3) is 0.524. The van der Waals surface area contributed by atoms with Crippen LogP contribution in [0.3, 0.4) is 0 Å². The molecule has 1 aromatic rings. The number of para-hydroxylation sites is 2. The minimum Gasteiger partial charge on any atom is -0.495 e. The van der Waals surface area contributed by atoms with Crippen molar-refractivity contribution in [3.05, 3.63) is 35.5 Å². The average molecular weight is 402 g/mol. The van der Waals surface area contributed by atoms with Gasteiger partial charge in [-0.05, 0) is 25.5 Å². The molecule has 0 spiro atoms. The van der Waals surface area contributed by atoms with Crippen LogP contribution in [0.2, 0.25) is 0 Å². The van der Waals surface area contributed by atoms with E-state index in [1.165, 1.54) is 0 Å². The maximum atomic E-state index is 12.5. The highest BCUT2D eigenvalue weighted by atomic mass is 16.5. The molecule has 3 rings (SSSR count). The highest BCUT2D eigenvalue weighted by molar-refractivity contribution is 5.94. The van der Waals surface area contributed by atoms with Crippen molar-refractivity contribution in [2.24, 2.45) is 0 Å². The van der Waals surface area contributed by atoms with E-state index in [1.54, 1.807) is 14.0 Å². The number of amides is 2. The van der Waals surface area contributed by atoms with Gasteiger partial charge in [0.25, 0.3) is 0 Å². The lowest BCUT2D eigenvalue weighted by Gasteiger charge is -2.38. The van der Waals surface area contributed by atoms with E-state index in [-0.39, 0.29) is 18.0 Å². The number of carbonyl (C=O) groups is 2. The van der Waals surface area contributed by atoms with E-state index in [1.807, 2.05) is 25.1 Å². The second kappa shape index (κ2) is 9.65. The summed E-state index contributed by atoms with van der Waals surface area (Å²) in [6.45, 7) is 7.85. The minimum atomic E-state index is -0.366. The standard InChI is InChI=1S/C21H30N4O4/c1-4-15-19(20(26)29-5-2)16(23-21(27)22-15)14-24-10-12-25(13-11-24)17-8-6-7-9-18(17)28-3/h6-9,15H,4-5,10-14H2,1-3H3,(H2,22,23,27)/t15-/m1/s1. The molecule has 2 aliphatic heterocycles. The van der Waals surface area contributed by atoms with Crippen molar-refractivity contribution < 1.29 is 19.1 Å². The molecule has 0 radical (unpaired) electrons. The third kappa shape index (κ3) is 4.82. The zero-order valence-electron chi connectivity index (χ0n) is 17.4. The molecule has 0 unspecified atom stereocenters. The number of hydrogen-bond donors (Lipinski definition) is 2. The quantitative estimate of drug-likeness (QED) is 0.676.